The van der Waals surface area contributed by atoms with Gasteiger partial charge in [-0.2, -0.15) is 0 Å². The van der Waals surface area contributed by atoms with Gasteiger partial charge in [0.05, 0.1) is 6.51 Å². The van der Waals surface area contributed by atoms with Crippen LogP contribution in [0.15, 0.2) is 18.2 Å². The quantitative estimate of drug-likeness (QED) is 0.738. The molecule has 17 heavy (non-hydrogen) atoms. The zero-order valence-electron chi connectivity index (χ0n) is 10.6. The van der Waals surface area contributed by atoms with Crippen molar-refractivity contribution in [2.75, 3.05) is 6.51 Å². The molecule has 0 N–H and O–H groups in total. The van der Waals surface area contributed by atoms with Gasteiger partial charge in [0.15, 0.2) is 0 Å². The van der Waals surface area contributed by atoms with Gasteiger partial charge in [0, 0.05) is 0 Å². The molecule has 1 aromatic carbocycles. The molecule has 1 aromatic rings. The zero-order chi connectivity index (χ0) is 12.3. The second-order valence-corrected chi connectivity index (χ2v) is 4.20. The molecule has 6 heteroatoms. The normalized spacial score (nSPS) is 11.2. The maximum Gasteiger partial charge on any atom is 1.00 e. The van der Waals surface area contributed by atoms with Crippen LogP contribution in [-0.2, 0) is 0 Å². The Morgan fingerprint density at radius 2 is 1.82 bits per heavy atom. The molecule has 0 amide bonds. The maximum atomic E-state index is 12.1. The van der Waals surface area contributed by atoms with E-state index in [2.05, 4.69) is 0 Å². The minimum atomic E-state index is -4.89. The Labute approximate surface area is 143 Å². The number of ether oxygens (including phenoxy) is 1. The summed E-state index contributed by atoms with van der Waals surface area (Å²) < 4.78 is 41.0. The van der Waals surface area contributed by atoms with Crippen LogP contribution in [0.4, 0.5) is 12.9 Å². The van der Waals surface area contributed by atoms with E-state index in [-0.39, 0.29) is 57.3 Å². The summed E-state index contributed by atoms with van der Waals surface area (Å²) in [5.41, 5.74) is 1.71. The Hall–Kier alpha value is 0.511. The topological polar surface area (TPSA) is 9.23 Å². The third-order valence-corrected chi connectivity index (χ3v) is 2.31. The van der Waals surface area contributed by atoms with E-state index in [1.807, 2.05) is 19.9 Å². The van der Waals surface area contributed by atoms with Crippen molar-refractivity contribution in [3.8, 4) is 5.75 Å². The maximum absolute atomic E-state index is 12.1. The van der Waals surface area contributed by atoms with Crippen molar-refractivity contribution in [1.29, 1.82) is 0 Å². The third-order valence-electron chi connectivity index (χ3n) is 2.31. The molecule has 0 aliphatic rings. The van der Waals surface area contributed by atoms with Crippen LogP contribution in [0, 0.1) is 6.92 Å². The van der Waals surface area contributed by atoms with E-state index in [0.29, 0.717) is 5.75 Å². The molecule has 0 aromatic heterocycles. The molecule has 0 saturated heterocycles. The molecule has 90 valence electrons. The molecule has 0 fully saturated rings. The molecule has 0 radical (unpaired) electrons. The molecule has 0 heterocycles. The van der Waals surface area contributed by atoms with Crippen molar-refractivity contribution < 1.29 is 69.1 Å². The van der Waals surface area contributed by atoms with Crippen LogP contribution in [0.25, 0.3) is 0 Å². The Balaban J connectivity index is 0.00000256. The molecule has 1 nitrogen and oxygen atoms in total. The molecular weight excluding hydrogens is 255 g/mol. The second kappa shape index (κ2) is 7.19. The van der Waals surface area contributed by atoms with Gasteiger partial charge >= 0.3 is 58.4 Å². The summed E-state index contributed by atoms with van der Waals surface area (Å²) in [5, 5.41) is 0. The smallest absolute Gasteiger partial charge is 0.521 e. The third kappa shape index (κ3) is 6.29. The first-order chi connectivity index (χ1) is 7.29. The van der Waals surface area contributed by atoms with E-state index in [9.17, 15) is 12.9 Å². The summed E-state index contributed by atoms with van der Waals surface area (Å²) >= 11 is 0. The van der Waals surface area contributed by atoms with Crippen LogP contribution in [0.5, 0.6) is 5.75 Å². The number of hydrogen-bond acceptors (Lipinski definition) is 1. The van der Waals surface area contributed by atoms with E-state index in [0.717, 1.165) is 11.1 Å². The van der Waals surface area contributed by atoms with Gasteiger partial charge in [-0.1, -0.05) is 26.0 Å². The van der Waals surface area contributed by atoms with Gasteiger partial charge < -0.3 is 17.7 Å². The predicted molar refractivity (Wildman–Crippen MR) is 59.8 cm³/mol. The summed E-state index contributed by atoms with van der Waals surface area (Å²) in [6.45, 7) is -0.356. The minimum Gasteiger partial charge on any atom is -0.521 e. The SMILES string of the molecule is Cc1ccc(C(C)C)cc1OC[B-](F)(F)F.[K+]. The predicted octanol–water partition coefficient (Wildman–Crippen LogP) is 0.888. The van der Waals surface area contributed by atoms with Gasteiger partial charge in [-0.25, -0.2) is 0 Å². The van der Waals surface area contributed by atoms with E-state index in [1.165, 1.54) is 0 Å². The number of aryl methyl sites for hydroxylation is 1. The Bertz CT molecular complexity index is 366. The molecule has 1 rings (SSSR count). The number of hydrogen-bond donors (Lipinski definition) is 0. The molecular formula is C11H15BF3KO. The molecule has 0 aliphatic carbocycles. The first-order valence-corrected chi connectivity index (χ1v) is 5.24. The summed E-state index contributed by atoms with van der Waals surface area (Å²) in [5.74, 6) is 0.602. The summed E-state index contributed by atoms with van der Waals surface area (Å²) in [7, 11) is 0. The van der Waals surface area contributed by atoms with Gasteiger partial charge in [-0.15, -0.1) is 0 Å². The summed E-state index contributed by atoms with van der Waals surface area (Å²) in [4.78, 5) is 0. The van der Waals surface area contributed by atoms with Crippen LogP contribution >= 0.6 is 0 Å². The van der Waals surface area contributed by atoms with Gasteiger partial charge in [0.1, 0.15) is 5.75 Å². The average molecular weight is 270 g/mol. The Kier molecular flexibility index (Phi) is 7.40. The molecule has 0 spiro atoms. The van der Waals surface area contributed by atoms with Crippen LogP contribution in [0.2, 0.25) is 0 Å². The van der Waals surface area contributed by atoms with Crippen molar-refractivity contribution in [2.24, 2.45) is 0 Å². The van der Waals surface area contributed by atoms with Crippen LogP contribution < -0.4 is 56.1 Å². The molecule has 0 bridgehead atoms. The van der Waals surface area contributed by atoms with Crippen molar-refractivity contribution in [3.63, 3.8) is 0 Å². The van der Waals surface area contributed by atoms with Gasteiger partial charge in [0.25, 0.3) is 0 Å². The first kappa shape index (κ1) is 17.5. The van der Waals surface area contributed by atoms with Gasteiger partial charge in [-0.3, -0.25) is 0 Å². The van der Waals surface area contributed by atoms with Crippen molar-refractivity contribution in [3.05, 3.63) is 29.3 Å². The van der Waals surface area contributed by atoms with Crippen molar-refractivity contribution >= 4 is 6.98 Å². The summed E-state index contributed by atoms with van der Waals surface area (Å²) in [6.07, 6.45) is 0. The van der Waals surface area contributed by atoms with Crippen molar-refractivity contribution in [1.82, 2.24) is 0 Å². The van der Waals surface area contributed by atoms with E-state index < -0.39 is 13.5 Å². The van der Waals surface area contributed by atoms with E-state index in [4.69, 9.17) is 4.74 Å². The molecule has 0 unspecified atom stereocenters. The second-order valence-electron chi connectivity index (χ2n) is 4.20. The van der Waals surface area contributed by atoms with Crippen LogP contribution in [-0.4, -0.2) is 13.5 Å². The first-order valence-electron chi connectivity index (χ1n) is 5.24. The van der Waals surface area contributed by atoms with E-state index in [1.54, 1.807) is 19.1 Å². The Morgan fingerprint density at radius 1 is 1.24 bits per heavy atom. The van der Waals surface area contributed by atoms with E-state index >= 15 is 0 Å². The van der Waals surface area contributed by atoms with Crippen LogP contribution in [0.3, 0.4) is 0 Å². The minimum absolute atomic E-state index is 0. The molecule has 0 aliphatic heterocycles. The average Bonchev–Trinajstić information content (AvgIpc) is 2.14. The van der Waals surface area contributed by atoms with Gasteiger partial charge in [0.2, 0.25) is 0 Å². The largest absolute Gasteiger partial charge is 1.00 e. The monoisotopic (exact) mass is 270 g/mol. The number of benzene rings is 1. The van der Waals surface area contributed by atoms with Crippen LogP contribution in [0.1, 0.15) is 30.9 Å². The zero-order valence-corrected chi connectivity index (χ0v) is 13.8. The van der Waals surface area contributed by atoms with Crippen molar-refractivity contribution in [2.45, 2.75) is 26.7 Å². The number of rotatable bonds is 4. The molecule has 0 atom stereocenters. The Morgan fingerprint density at radius 3 is 2.29 bits per heavy atom. The standard InChI is InChI=1S/C11H15BF3O.K/c1-8(2)10-5-4-9(3)11(6-10)16-7-12(13,14)15;/h4-6,8H,7H2,1-3H3;/q-1;+1. The summed E-state index contributed by atoms with van der Waals surface area (Å²) in [6, 6.07) is 5.38. The van der Waals surface area contributed by atoms with Gasteiger partial charge in [-0.05, 0) is 30.0 Å². The fourth-order valence-electron chi connectivity index (χ4n) is 1.32. The fraction of sp³-hybridized carbons (Fsp3) is 0.455. The number of halogens is 3. The fourth-order valence-corrected chi connectivity index (χ4v) is 1.32. The molecule has 0 saturated carbocycles.